The van der Waals surface area contributed by atoms with E-state index in [1.54, 1.807) is 6.92 Å². The van der Waals surface area contributed by atoms with Gasteiger partial charge in [0.25, 0.3) is 0 Å². The van der Waals surface area contributed by atoms with Crippen LogP contribution >= 0.6 is 11.6 Å². The lowest BCUT2D eigenvalue weighted by Crippen LogP contribution is -2.66. The molecule has 38 heavy (non-hydrogen) atoms. The minimum absolute atomic E-state index is 0.158. The molecule has 0 saturated heterocycles. The van der Waals surface area contributed by atoms with E-state index < -0.39 is 23.4 Å². The van der Waals surface area contributed by atoms with Gasteiger partial charge >= 0.3 is 0 Å². The lowest BCUT2D eigenvalue weighted by Gasteiger charge is -2.48. The van der Waals surface area contributed by atoms with E-state index in [1.165, 1.54) is 0 Å². The number of benzene rings is 4. The van der Waals surface area contributed by atoms with E-state index in [0.717, 1.165) is 32.7 Å². The molecule has 1 spiro atoms. The molecule has 1 aliphatic carbocycles. The highest BCUT2D eigenvalue weighted by Crippen LogP contribution is 2.57. The van der Waals surface area contributed by atoms with E-state index in [-0.39, 0.29) is 29.4 Å². The standard InChI is InChI=1S/C32H23ClO5/c1-2-20(34)16-31(36)30(35)28(33)29-25(15-23-21-9-5-3-7-18(21)11-13-26(23)37-29)32(31)17-24-22-10-6-4-8-19(22)12-14-27(24)38-32/h3-15,36H,2,16-17H2,1H3/t31-,32-/m0/s1. The van der Waals surface area contributed by atoms with E-state index in [1.807, 2.05) is 78.9 Å². The summed E-state index contributed by atoms with van der Waals surface area (Å²) in [5.74, 6) is 0.237. The second-order valence-electron chi connectivity index (χ2n) is 10.1. The zero-order valence-corrected chi connectivity index (χ0v) is 21.3. The van der Waals surface area contributed by atoms with Gasteiger partial charge in [0, 0.05) is 36.0 Å². The van der Waals surface area contributed by atoms with Crippen LogP contribution in [0, 0.1) is 0 Å². The Morgan fingerprint density at radius 2 is 1.61 bits per heavy atom. The predicted molar refractivity (Wildman–Crippen MR) is 146 cm³/mol. The number of ether oxygens (including phenoxy) is 2. The first-order chi connectivity index (χ1) is 18.4. The van der Waals surface area contributed by atoms with Crippen molar-refractivity contribution in [3.8, 4) is 11.5 Å². The molecular formula is C32H23ClO5. The molecule has 0 fully saturated rings. The Bertz CT molecular complexity index is 1780. The van der Waals surface area contributed by atoms with E-state index in [9.17, 15) is 14.7 Å². The highest BCUT2D eigenvalue weighted by atomic mass is 35.5. The first-order valence-electron chi connectivity index (χ1n) is 12.7. The van der Waals surface area contributed by atoms with Gasteiger partial charge in [-0.15, -0.1) is 0 Å². The molecule has 4 aromatic rings. The predicted octanol–water partition coefficient (Wildman–Crippen LogP) is 6.28. The smallest absolute Gasteiger partial charge is 0.214 e. The third-order valence-electron chi connectivity index (χ3n) is 8.11. The molecule has 0 bridgehead atoms. The van der Waals surface area contributed by atoms with Crippen molar-refractivity contribution in [3.05, 3.63) is 100 Å². The number of Topliss-reactive ketones (excluding diaryl/α,β-unsaturated/α-hetero) is 2. The highest BCUT2D eigenvalue weighted by Gasteiger charge is 2.67. The molecule has 0 aromatic heterocycles. The Morgan fingerprint density at radius 1 is 0.947 bits per heavy atom. The number of carbonyl (C=O) groups is 2. The second kappa shape index (κ2) is 8.03. The normalized spacial score (nSPS) is 23.6. The zero-order chi connectivity index (χ0) is 26.2. The van der Waals surface area contributed by atoms with E-state index in [2.05, 4.69) is 0 Å². The fraction of sp³-hybridized carbons (Fsp3) is 0.188. The lowest BCUT2D eigenvalue weighted by molar-refractivity contribution is -0.161. The molecular weight excluding hydrogens is 500 g/mol. The molecule has 0 saturated carbocycles. The molecule has 5 nitrogen and oxygen atoms in total. The fourth-order valence-electron chi connectivity index (χ4n) is 6.12. The number of rotatable bonds is 3. The minimum atomic E-state index is -2.22. The molecule has 6 heteroatoms. The average molecular weight is 523 g/mol. The number of carbonyl (C=O) groups excluding carboxylic acids is 2. The number of aliphatic hydroxyl groups is 1. The van der Waals surface area contributed by atoms with Crippen LogP contribution in [0.3, 0.4) is 0 Å². The number of hydrogen-bond donors (Lipinski definition) is 1. The van der Waals surface area contributed by atoms with Crippen LogP contribution in [0.1, 0.15) is 30.9 Å². The first-order valence-corrected chi connectivity index (χ1v) is 13.0. The summed E-state index contributed by atoms with van der Waals surface area (Å²) in [4.78, 5) is 26.7. The number of ketones is 2. The summed E-state index contributed by atoms with van der Waals surface area (Å²) in [5.41, 5.74) is -1.71. The van der Waals surface area contributed by atoms with Crippen LogP contribution < -0.4 is 9.47 Å². The Kier molecular flexibility index (Phi) is 4.91. The van der Waals surface area contributed by atoms with E-state index in [0.29, 0.717) is 17.1 Å². The Morgan fingerprint density at radius 3 is 2.34 bits per heavy atom. The van der Waals surface area contributed by atoms with Crippen LogP contribution in [0.15, 0.2) is 89.2 Å². The number of hydrogen-bond acceptors (Lipinski definition) is 5. The molecule has 2 atom stereocenters. The van der Waals surface area contributed by atoms with Gasteiger partial charge in [0.05, 0.1) is 0 Å². The van der Waals surface area contributed by atoms with Gasteiger partial charge in [-0.1, -0.05) is 79.2 Å². The average Bonchev–Trinajstić information content (AvgIpc) is 3.36. The van der Waals surface area contributed by atoms with Crippen molar-refractivity contribution in [1.29, 1.82) is 0 Å². The van der Waals surface area contributed by atoms with Crippen LogP contribution in [0.2, 0.25) is 0 Å². The van der Waals surface area contributed by atoms with Crippen LogP contribution in [-0.4, -0.2) is 27.9 Å². The van der Waals surface area contributed by atoms with Crippen LogP contribution in [-0.2, 0) is 16.0 Å². The quantitative estimate of drug-likeness (QED) is 0.343. The summed E-state index contributed by atoms with van der Waals surface area (Å²) in [6.45, 7) is 1.71. The Hall–Kier alpha value is -3.93. The van der Waals surface area contributed by atoms with Crippen LogP contribution in [0.25, 0.3) is 27.6 Å². The largest absolute Gasteiger partial charge is 0.478 e. The molecule has 0 amide bonds. The number of halogens is 1. The fourth-order valence-corrected chi connectivity index (χ4v) is 6.42. The molecule has 0 unspecified atom stereocenters. The van der Waals surface area contributed by atoms with Crippen molar-refractivity contribution in [3.63, 3.8) is 0 Å². The van der Waals surface area contributed by atoms with Gasteiger partial charge in [-0.25, -0.2) is 0 Å². The maximum Gasteiger partial charge on any atom is 0.214 e. The Labute approximate surface area is 223 Å². The van der Waals surface area contributed by atoms with Gasteiger partial charge in [0.2, 0.25) is 5.78 Å². The summed E-state index contributed by atoms with van der Waals surface area (Å²) < 4.78 is 13.0. The van der Waals surface area contributed by atoms with Crippen molar-refractivity contribution in [1.82, 2.24) is 0 Å². The van der Waals surface area contributed by atoms with Crippen molar-refractivity contribution >= 4 is 50.8 Å². The van der Waals surface area contributed by atoms with Gasteiger partial charge < -0.3 is 14.6 Å². The van der Waals surface area contributed by atoms with Crippen molar-refractivity contribution in [2.75, 3.05) is 0 Å². The monoisotopic (exact) mass is 522 g/mol. The summed E-state index contributed by atoms with van der Waals surface area (Å²) >= 11 is 6.64. The maximum absolute atomic E-state index is 13.9. The lowest BCUT2D eigenvalue weighted by atomic mass is 9.65. The van der Waals surface area contributed by atoms with Crippen molar-refractivity contribution in [2.45, 2.75) is 37.4 Å². The third kappa shape index (κ3) is 2.97. The SMILES string of the molecule is CCC(=O)C[C@]1(O)C(=O)C(Cl)=C2Oc3ccc4ccccc4c3C=C2[C@@]12Cc1c(ccc3ccccc13)O2. The summed E-state index contributed by atoms with van der Waals surface area (Å²) in [6, 6.07) is 23.4. The van der Waals surface area contributed by atoms with E-state index in [4.69, 9.17) is 21.1 Å². The molecule has 4 aromatic carbocycles. The second-order valence-corrected chi connectivity index (χ2v) is 10.5. The molecule has 2 heterocycles. The van der Waals surface area contributed by atoms with Crippen molar-refractivity contribution in [2.24, 2.45) is 0 Å². The van der Waals surface area contributed by atoms with Crippen LogP contribution in [0.4, 0.5) is 0 Å². The Balaban J connectivity index is 1.53. The van der Waals surface area contributed by atoms with Gasteiger partial charge in [-0.2, -0.15) is 0 Å². The van der Waals surface area contributed by atoms with Crippen LogP contribution in [0.5, 0.6) is 11.5 Å². The third-order valence-corrected chi connectivity index (χ3v) is 8.45. The molecule has 3 aliphatic rings. The number of fused-ring (bicyclic) bond motifs is 8. The van der Waals surface area contributed by atoms with Gasteiger partial charge in [0.1, 0.15) is 22.3 Å². The summed E-state index contributed by atoms with van der Waals surface area (Å²) in [7, 11) is 0. The maximum atomic E-state index is 13.9. The zero-order valence-electron chi connectivity index (χ0n) is 20.6. The van der Waals surface area contributed by atoms with Gasteiger partial charge in [0.15, 0.2) is 17.0 Å². The first kappa shape index (κ1) is 23.2. The molecule has 0 radical (unpaired) electrons. The molecule has 7 rings (SSSR count). The summed E-state index contributed by atoms with van der Waals surface area (Å²) in [6.07, 6.45) is 1.82. The van der Waals surface area contributed by atoms with Gasteiger partial charge in [-0.05, 0) is 39.8 Å². The minimum Gasteiger partial charge on any atom is -0.478 e. The topological polar surface area (TPSA) is 72.8 Å². The van der Waals surface area contributed by atoms with E-state index >= 15 is 0 Å². The highest BCUT2D eigenvalue weighted by molar-refractivity contribution is 6.45. The molecule has 188 valence electrons. The van der Waals surface area contributed by atoms with Crippen molar-refractivity contribution < 1.29 is 24.2 Å². The molecule has 2 aliphatic heterocycles. The van der Waals surface area contributed by atoms with Gasteiger partial charge in [-0.3, -0.25) is 9.59 Å². The summed E-state index contributed by atoms with van der Waals surface area (Å²) in [5, 5.41) is 16.0. The molecule has 1 N–H and O–H groups in total.